The van der Waals surface area contributed by atoms with Crippen LogP contribution >= 0.6 is 0 Å². The Bertz CT molecular complexity index is 724. The van der Waals surface area contributed by atoms with Crippen molar-refractivity contribution in [2.45, 2.75) is 96.8 Å². The van der Waals surface area contributed by atoms with Crippen molar-refractivity contribution in [3.05, 3.63) is 47.0 Å². The molecule has 0 aromatic heterocycles. The maximum absolute atomic E-state index is 13.8. The maximum atomic E-state index is 13.8. The number of hydrogen-bond donors (Lipinski definition) is 0. The average molecular weight is 428 g/mol. The van der Waals surface area contributed by atoms with Crippen LogP contribution in [0.3, 0.4) is 0 Å². The summed E-state index contributed by atoms with van der Waals surface area (Å²) in [6, 6.07) is 4.27. The minimum absolute atomic E-state index is 0.467. The second-order valence-corrected chi connectivity index (χ2v) is 10.0. The third kappa shape index (κ3) is 7.44. The first-order chi connectivity index (χ1) is 15.1. The molecule has 0 radical (unpaired) electrons. The van der Waals surface area contributed by atoms with Gasteiger partial charge in [-0.2, -0.15) is 5.26 Å². The molecule has 3 heteroatoms. The molecule has 2 aliphatic rings. The molecular weight excluding hydrogens is 388 g/mol. The molecule has 1 aromatic carbocycles. The van der Waals surface area contributed by atoms with Crippen LogP contribution in [0, 0.1) is 46.6 Å². The summed E-state index contributed by atoms with van der Waals surface area (Å²) in [6.07, 6.45) is 22.5. The summed E-state index contributed by atoms with van der Waals surface area (Å²) in [5, 5.41) is 8.79. The zero-order valence-corrected chi connectivity index (χ0v) is 19.2. The molecule has 170 valence electrons. The van der Waals surface area contributed by atoms with E-state index in [1.54, 1.807) is 6.07 Å². The summed E-state index contributed by atoms with van der Waals surface area (Å²) in [7, 11) is 0. The summed E-state index contributed by atoms with van der Waals surface area (Å²) < 4.78 is 27.6. The predicted molar refractivity (Wildman–Crippen MR) is 124 cm³/mol. The molecule has 0 amide bonds. The Morgan fingerprint density at radius 1 is 0.871 bits per heavy atom. The van der Waals surface area contributed by atoms with Gasteiger partial charge in [0.2, 0.25) is 0 Å². The molecule has 2 aliphatic carbocycles. The topological polar surface area (TPSA) is 23.8 Å². The number of halogens is 2. The van der Waals surface area contributed by atoms with Crippen LogP contribution in [0.2, 0.25) is 0 Å². The van der Waals surface area contributed by atoms with E-state index in [1.165, 1.54) is 89.2 Å². The SMILES string of the molecule is CCC/C=C/C1CCC(CCC2CCC(CCc3cc(F)c(C#N)c(F)c3)CC2)CC1. The summed E-state index contributed by atoms with van der Waals surface area (Å²) in [6.45, 7) is 2.24. The van der Waals surface area contributed by atoms with Crippen LogP contribution in [0.15, 0.2) is 24.3 Å². The van der Waals surface area contributed by atoms with E-state index in [0.29, 0.717) is 17.9 Å². The molecule has 0 heterocycles. The Labute approximate surface area is 187 Å². The number of benzene rings is 1. The van der Waals surface area contributed by atoms with E-state index in [-0.39, 0.29) is 0 Å². The lowest BCUT2D eigenvalue weighted by Gasteiger charge is -2.31. The fourth-order valence-corrected chi connectivity index (χ4v) is 5.65. The monoisotopic (exact) mass is 427 g/mol. The van der Waals surface area contributed by atoms with Gasteiger partial charge in [0.05, 0.1) is 0 Å². The number of nitriles is 1. The fourth-order valence-electron chi connectivity index (χ4n) is 5.65. The summed E-state index contributed by atoms with van der Waals surface area (Å²) in [5.41, 5.74) is 0.210. The normalized spacial score (nSPS) is 26.8. The Balaban J connectivity index is 1.31. The molecule has 0 N–H and O–H groups in total. The first-order valence-corrected chi connectivity index (χ1v) is 12.6. The zero-order valence-electron chi connectivity index (χ0n) is 19.2. The third-order valence-corrected chi connectivity index (χ3v) is 7.76. The third-order valence-electron chi connectivity index (χ3n) is 7.76. The standard InChI is InChI=1S/C28H39F2N/c1-2-3-4-5-21-6-8-22(9-7-21)10-11-23-12-14-24(15-13-23)16-17-25-18-27(29)26(20-31)28(30)19-25/h4-5,18-19,21-24H,2-3,6-17H2,1H3/b5-4+. The molecule has 0 saturated heterocycles. The van der Waals surface area contributed by atoms with E-state index in [2.05, 4.69) is 19.1 Å². The summed E-state index contributed by atoms with van der Waals surface area (Å²) in [5.74, 6) is 1.86. The largest absolute Gasteiger partial charge is 0.205 e. The number of rotatable bonds is 9. The van der Waals surface area contributed by atoms with Crippen LogP contribution < -0.4 is 0 Å². The summed E-state index contributed by atoms with van der Waals surface area (Å²) >= 11 is 0. The minimum atomic E-state index is -0.729. The van der Waals surface area contributed by atoms with Crippen LogP contribution in [-0.2, 0) is 6.42 Å². The first kappa shape index (κ1) is 24.0. The lowest BCUT2D eigenvalue weighted by atomic mass is 9.74. The number of unbranched alkanes of at least 4 members (excludes halogenated alkanes) is 1. The van der Waals surface area contributed by atoms with Crippen LogP contribution in [0.1, 0.15) is 102 Å². The average Bonchev–Trinajstić information content (AvgIpc) is 2.78. The van der Waals surface area contributed by atoms with Gasteiger partial charge in [-0.05, 0) is 86.3 Å². The van der Waals surface area contributed by atoms with Gasteiger partial charge >= 0.3 is 0 Å². The quantitative estimate of drug-likeness (QED) is 0.362. The number of allylic oxidation sites excluding steroid dienone is 2. The number of nitrogens with zero attached hydrogens (tertiary/aromatic N) is 1. The molecule has 2 saturated carbocycles. The zero-order chi connectivity index (χ0) is 22.1. The Morgan fingerprint density at radius 3 is 1.90 bits per heavy atom. The van der Waals surface area contributed by atoms with Crippen molar-refractivity contribution < 1.29 is 8.78 Å². The lowest BCUT2D eigenvalue weighted by molar-refractivity contribution is 0.221. The van der Waals surface area contributed by atoms with Gasteiger partial charge in [-0.15, -0.1) is 0 Å². The van der Waals surface area contributed by atoms with Crippen molar-refractivity contribution in [1.82, 2.24) is 0 Å². The fraction of sp³-hybridized carbons (Fsp3) is 0.679. The number of hydrogen-bond acceptors (Lipinski definition) is 1. The molecule has 0 atom stereocenters. The van der Waals surface area contributed by atoms with E-state index in [0.717, 1.165) is 24.2 Å². The highest BCUT2D eigenvalue weighted by atomic mass is 19.1. The second kappa shape index (κ2) is 12.4. The van der Waals surface area contributed by atoms with E-state index in [1.807, 2.05) is 0 Å². The number of aryl methyl sites for hydroxylation is 1. The van der Waals surface area contributed by atoms with E-state index < -0.39 is 17.2 Å². The van der Waals surface area contributed by atoms with Gasteiger partial charge in [0.25, 0.3) is 0 Å². The second-order valence-electron chi connectivity index (χ2n) is 10.0. The molecule has 1 aromatic rings. The van der Waals surface area contributed by atoms with Crippen LogP contribution in [0.4, 0.5) is 8.78 Å². The predicted octanol–water partition coefficient (Wildman–Crippen LogP) is 8.52. The van der Waals surface area contributed by atoms with Gasteiger partial charge in [0.1, 0.15) is 23.3 Å². The van der Waals surface area contributed by atoms with Crippen LogP contribution in [0.25, 0.3) is 0 Å². The highest BCUT2D eigenvalue weighted by Crippen LogP contribution is 2.38. The van der Waals surface area contributed by atoms with Gasteiger partial charge in [-0.3, -0.25) is 0 Å². The van der Waals surface area contributed by atoms with Crippen molar-refractivity contribution in [1.29, 1.82) is 5.26 Å². The Kier molecular flexibility index (Phi) is 9.56. The van der Waals surface area contributed by atoms with E-state index >= 15 is 0 Å². The molecule has 0 bridgehead atoms. The Hall–Kier alpha value is -1.69. The van der Waals surface area contributed by atoms with Crippen molar-refractivity contribution in [2.75, 3.05) is 0 Å². The molecule has 0 spiro atoms. The molecular formula is C28H39F2N. The lowest BCUT2D eigenvalue weighted by Crippen LogP contribution is -2.18. The molecule has 0 aliphatic heterocycles. The van der Waals surface area contributed by atoms with Gasteiger partial charge in [0, 0.05) is 0 Å². The molecule has 2 fully saturated rings. The van der Waals surface area contributed by atoms with Crippen molar-refractivity contribution in [2.24, 2.45) is 23.7 Å². The minimum Gasteiger partial charge on any atom is -0.205 e. The Morgan fingerprint density at radius 2 is 1.39 bits per heavy atom. The van der Waals surface area contributed by atoms with Crippen molar-refractivity contribution >= 4 is 0 Å². The van der Waals surface area contributed by atoms with Gasteiger partial charge in [-0.25, -0.2) is 8.78 Å². The smallest absolute Gasteiger partial charge is 0.144 e. The molecule has 31 heavy (non-hydrogen) atoms. The summed E-state index contributed by atoms with van der Waals surface area (Å²) in [4.78, 5) is 0. The highest BCUT2D eigenvalue weighted by molar-refractivity contribution is 5.35. The maximum Gasteiger partial charge on any atom is 0.144 e. The first-order valence-electron chi connectivity index (χ1n) is 12.6. The molecule has 0 unspecified atom stereocenters. The van der Waals surface area contributed by atoms with E-state index in [9.17, 15) is 8.78 Å². The molecule has 1 nitrogen and oxygen atoms in total. The van der Waals surface area contributed by atoms with Crippen molar-refractivity contribution in [3.63, 3.8) is 0 Å². The van der Waals surface area contributed by atoms with Crippen molar-refractivity contribution in [3.8, 4) is 6.07 Å². The van der Waals surface area contributed by atoms with Gasteiger partial charge in [-0.1, -0.05) is 64.0 Å². The van der Waals surface area contributed by atoms with Crippen LogP contribution in [0.5, 0.6) is 0 Å². The highest BCUT2D eigenvalue weighted by Gasteiger charge is 2.24. The molecule has 3 rings (SSSR count). The van der Waals surface area contributed by atoms with Gasteiger partial charge < -0.3 is 0 Å². The van der Waals surface area contributed by atoms with Gasteiger partial charge in [0.15, 0.2) is 0 Å². The van der Waals surface area contributed by atoms with Crippen LogP contribution in [-0.4, -0.2) is 0 Å². The van der Waals surface area contributed by atoms with E-state index in [4.69, 9.17) is 5.26 Å².